The first-order valence-corrected chi connectivity index (χ1v) is 7.41. The number of nitrogens with one attached hydrogen (secondary N) is 2. The van der Waals surface area contributed by atoms with Crippen LogP contribution in [0.4, 0.5) is 14.5 Å². The number of halogens is 2. The Labute approximate surface area is 137 Å². The number of hydrogen-bond donors (Lipinski definition) is 2. The predicted octanol–water partition coefficient (Wildman–Crippen LogP) is 3.22. The zero-order chi connectivity index (χ0) is 16.2. The first-order valence-electron chi connectivity index (χ1n) is 7.00. The van der Waals surface area contributed by atoms with Crippen LogP contribution in [0.3, 0.4) is 0 Å². The van der Waals surface area contributed by atoms with E-state index >= 15 is 0 Å². The number of anilines is 1. The Morgan fingerprint density at radius 3 is 2.65 bits per heavy atom. The quantitative estimate of drug-likeness (QED) is 0.843. The van der Waals surface area contributed by atoms with Crippen LogP contribution in [0.1, 0.15) is 5.56 Å². The van der Waals surface area contributed by atoms with Gasteiger partial charge in [0.25, 0.3) is 0 Å². The third kappa shape index (κ3) is 3.87. The van der Waals surface area contributed by atoms with Gasteiger partial charge in [0, 0.05) is 23.9 Å². The molecule has 0 amide bonds. The first kappa shape index (κ1) is 15.5. The summed E-state index contributed by atoms with van der Waals surface area (Å²) in [7, 11) is 0. The summed E-state index contributed by atoms with van der Waals surface area (Å²) in [6.07, 6.45) is 0. The highest BCUT2D eigenvalue weighted by molar-refractivity contribution is 7.80. The first-order chi connectivity index (χ1) is 11.1. The number of ether oxygens (including phenoxy) is 2. The molecule has 0 atom stereocenters. The van der Waals surface area contributed by atoms with Crippen molar-refractivity contribution in [2.45, 2.75) is 6.54 Å². The Morgan fingerprint density at radius 2 is 1.83 bits per heavy atom. The molecule has 1 heterocycles. The van der Waals surface area contributed by atoms with Crippen molar-refractivity contribution < 1.29 is 18.3 Å². The van der Waals surface area contributed by atoms with E-state index in [1.165, 1.54) is 0 Å². The van der Waals surface area contributed by atoms with Gasteiger partial charge in [-0.2, -0.15) is 0 Å². The average Bonchev–Trinajstić information content (AvgIpc) is 2.55. The van der Waals surface area contributed by atoms with Crippen molar-refractivity contribution >= 4 is 23.0 Å². The third-order valence-corrected chi connectivity index (χ3v) is 3.49. The predicted molar refractivity (Wildman–Crippen MR) is 86.9 cm³/mol. The molecule has 0 fully saturated rings. The molecule has 7 heteroatoms. The van der Waals surface area contributed by atoms with Gasteiger partial charge in [-0.25, -0.2) is 8.78 Å². The molecular formula is C16H14F2N2O2S. The Kier molecular flexibility index (Phi) is 4.57. The molecule has 4 nitrogen and oxygen atoms in total. The van der Waals surface area contributed by atoms with Crippen molar-refractivity contribution in [2.75, 3.05) is 18.5 Å². The highest BCUT2D eigenvalue weighted by Crippen LogP contribution is 2.32. The summed E-state index contributed by atoms with van der Waals surface area (Å²) in [6, 6.07) is 8.64. The molecule has 1 aliphatic heterocycles. The normalized spacial score (nSPS) is 12.6. The van der Waals surface area contributed by atoms with Crippen LogP contribution < -0.4 is 20.1 Å². The molecule has 23 heavy (non-hydrogen) atoms. The van der Waals surface area contributed by atoms with Crippen LogP contribution in [0.5, 0.6) is 11.5 Å². The Bertz CT molecular complexity index is 740. The summed E-state index contributed by atoms with van der Waals surface area (Å²) in [5.41, 5.74) is 0.919. The molecule has 0 radical (unpaired) electrons. The number of fused-ring (bicyclic) bond motifs is 1. The fourth-order valence-electron chi connectivity index (χ4n) is 2.15. The highest BCUT2D eigenvalue weighted by Gasteiger charge is 2.12. The molecule has 2 N–H and O–H groups in total. The number of benzene rings is 2. The minimum absolute atomic E-state index is 0.0833. The lowest BCUT2D eigenvalue weighted by atomic mass is 10.2. The second kappa shape index (κ2) is 6.78. The van der Waals surface area contributed by atoms with Crippen molar-refractivity contribution in [1.82, 2.24) is 5.32 Å². The topological polar surface area (TPSA) is 42.5 Å². The maximum atomic E-state index is 13.5. The maximum Gasteiger partial charge on any atom is 0.171 e. The molecule has 0 saturated carbocycles. The molecule has 1 aliphatic rings. The molecule has 0 aromatic heterocycles. The lowest BCUT2D eigenvalue weighted by Crippen LogP contribution is -2.28. The van der Waals surface area contributed by atoms with Crippen LogP contribution >= 0.6 is 12.2 Å². The molecule has 0 unspecified atom stereocenters. The minimum atomic E-state index is -0.492. The van der Waals surface area contributed by atoms with E-state index in [1.807, 2.05) is 0 Å². The summed E-state index contributed by atoms with van der Waals surface area (Å²) in [4.78, 5) is 0. The van der Waals surface area contributed by atoms with Gasteiger partial charge in [0.2, 0.25) is 0 Å². The summed E-state index contributed by atoms with van der Waals surface area (Å²) in [6.45, 7) is 1.11. The van der Waals surface area contributed by atoms with Crippen molar-refractivity contribution in [1.29, 1.82) is 0 Å². The fourth-order valence-corrected chi connectivity index (χ4v) is 2.34. The third-order valence-electron chi connectivity index (χ3n) is 3.25. The minimum Gasteiger partial charge on any atom is -0.486 e. The van der Waals surface area contributed by atoms with E-state index in [9.17, 15) is 8.78 Å². The molecular weight excluding hydrogens is 322 g/mol. The summed E-state index contributed by atoms with van der Waals surface area (Å²) in [5, 5.41) is 6.10. The zero-order valence-corrected chi connectivity index (χ0v) is 12.9. The Balaban J connectivity index is 1.60. The number of rotatable bonds is 3. The van der Waals surface area contributed by atoms with Crippen molar-refractivity contribution in [2.24, 2.45) is 0 Å². The van der Waals surface area contributed by atoms with E-state index in [2.05, 4.69) is 10.6 Å². The SMILES string of the molecule is Fc1ccc(F)c(CNC(=S)Nc2ccc3c(c2)OCCO3)c1. The second-order valence-corrected chi connectivity index (χ2v) is 5.31. The number of thiocarbonyl (C=S) groups is 1. The van der Waals surface area contributed by atoms with Crippen LogP contribution in [0.25, 0.3) is 0 Å². The smallest absolute Gasteiger partial charge is 0.171 e. The Hall–Kier alpha value is -2.41. The molecule has 120 valence electrons. The molecule has 0 aliphatic carbocycles. The monoisotopic (exact) mass is 336 g/mol. The molecule has 2 aromatic rings. The van der Waals surface area contributed by atoms with Gasteiger partial charge in [-0.1, -0.05) is 0 Å². The van der Waals surface area contributed by atoms with Crippen molar-refractivity contribution in [3.8, 4) is 11.5 Å². The van der Waals surface area contributed by atoms with Crippen molar-refractivity contribution in [3.63, 3.8) is 0 Å². The standard InChI is InChI=1S/C16H14F2N2O2S/c17-11-1-3-13(18)10(7-11)9-19-16(23)20-12-2-4-14-15(8-12)22-6-5-21-14/h1-4,7-8H,5-6,9H2,(H2,19,20,23). The van der Waals surface area contributed by atoms with E-state index in [-0.39, 0.29) is 12.1 Å². The average molecular weight is 336 g/mol. The molecule has 0 spiro atoms. The van der Waals surface area contributed by atoms with Gasteiger partial charge in [0.15, 0.2) is 16.6 Å². The van der Waals surface area contributed by atoms with Gasteiger partial charge < -0.3 is 20.1 Å². The fraction of sp³-hybridized carbons (Fsp3) is 0.188. The van der Waals surface area contributed by atoms with Crippen LogP contribution in [0, 0.1) is 11.6 Å². The van der Waals surface area contributed by atoms with Crippen LogP contribution in [0.2, 0.25) is 0 Å². The maximum absolute atomic E-state index is 13.5. The summed E-state index contributed by atoms with van der Waals surface area (Å²) >= 11 is 5.16. The van der Waals surface area contributed by atoms with Crippen LogP contribution in [-0.2, 0) is 6.54 Å². The summed E-state index contributed by atoms with van der Waals surface area (Å²) in [5.74, 6) is 0.345. The van der Waals surface area contributed by atoms with E-state index in [0.717, 1.165) is 18.2 Å². The highest BCUT2D eigenvalue weighted by atomic mass is 32.1. The largest absolute Gasteiger partial charge is 0.486 e. The zero-order valence-electron chi connectivity index (χ0n) is 12.1. The van der Waals surface area contributed by atoms with Gasteiger partial charge in [-0.05, 0) is 42.5 Å². The lowest BCUT2D eigenvalue weighted by Gasteiger charge is -2.19. The Morgan fingerprint density at radius 1 is 1.04 bits per heavy atom. The molecule has 3 rings (SSSR count). The van der Waals surface area contributed by atoms with Gasteiger partial charge in [0.1, 0.15) is 24.8 Å². The van der Waals surface area contributed by atoms with Crippen molar-refractivity contribution in [3.05, 3.63) is 53.6 Å². The van der Waals surface area contributed by atoms with Gasteiger partial charge >= 0.3 is 0 Å². The van der Waals surface area contributed by atoms with Crippen LogP contribution in [0.15, 0.2) is 36.4 Å². The van der Waals surface area contributed by atoms with Crippen LogP contribution in [-0.4, -0.2) is 18.3 Å². The summed E-state index contributed by atoms with van der Waals surface area (Å²) < 4.78 is 37.6. The molecule has 2 aromatic carbocycles. The van der Waals surface area contributed by atoms with E-state index in [1.54, 1.807) is 18.2 Å². The van der Waals surface area contributed by atoms with Gasteiger partial charge in [-0.3, -0.25) is 0 Å². The molecule has 0 bridgehead atoms. The second-order valence-electron chi connectivity index (χ2n) is 4.90. The van der Waals surface area contributed by atoms with Gasteiger partial charge in [0.05, 0.1) is 0 Å². The number of hydrogen-bond acceptors (Lipinski definition) is 3. The van der Waals surface area contributed by atoms with E-state index in [4.69, 9.17) is 21.7 Å². The molecule has 0 saturated heterocycles. The van der Waals surface area contributed by atoms with E-state index in [0.29, 0.717) is 35.5 Å². The van der Waals surface area contributed by atoms with Gasteiger partial charge in [-0.15, -0.1) is 0 Å². The van der Waals surface area contributed by atoms with E-state index < -0.39 is 11.6 Å². The lowest BCUT2D eigenvalue weighted by molar-refractivity contribution is 0.171.